The summed E-state index contributed by atoms with van der Waals surface area (Å²) in [5.74, 6) is -0.504. The molecule has 1 aliphatic rings. The third-order valence-electron chi connectivity index (χ3n) is 4.38. The first kappa shape index (κ1) is 19.8. The number of hydrogen-bond donors (Lipinski definition) is 0. The lowest BCUT2D eigenvalue weighted by molar-refractivity contribution is -0.274. The Labute approximate surface area is 150 Å². The number of likely N-dealkylation sites (N-methyl/N-ethyl adjacent to an activating group) is 1. The highest BCUT2D eigenvalue weighted by atomic mass is 19.4. The van der Waals surface area contributed by atoms with Crippen molar-refractivity contribution in [2.75, 3.05) is 20.1 Å². The number of rotatable bonds is 6. The van der Waals surface area contributed by atoms with E-state index in [2.05, 4.69) is 11.3 Å². The van der Waals surface area contributed by atoms with E-state index in [4.69, 9.17) is 0 Å². The molecule has 1 atom stereocenters. The molecular weight excluding hydrogens is 349 g/mol. The lowest BCUT2D eigenvalue weighted by Gasteiger charge is -2.24. The molecule has 1 aliphatic heterocycles. The molecule has 0 saturated carbocycles. The number of alkyl halides is 3. The predicted octanol–water partition coefficient (Wildman–Crippen LogP) is 2.76. The average molecular weight is 370 g/mol. The van der Waals surface area contributed by atoms with Gasteiger partial charge in [-0.2, -0.15) is 0 Å². The second-order valence-corrected chi connectivity index (χ2v) is 6.13. The lowest BCUT2D eigenvalue weighted by atomic mass is 10.1. The molecule has 1 heterocycles. The van der Waals surface area contributed by atoms with Gasteiger partial charge in [0.05, 0.1) is 6.04 Å². The van der Waals surface area contributed by atoms with Crippen molar-refractivity contribution in [3.8, 4) is 5.75 Å². The minimum Gasteiger partial charge on any atom is -0.406 e. The van der Waals surface area contributed by atoms with E-state index in [1.165, 1.54) is 30.3 Å². The summed E-state index contributed by atoms with van der Waals surface area (Å²) in [6.07, 6.45) is -2.09. The standard InChI is InChI=1S/C18H21F3N2O3/c1-3-16(24)23-11-10-14(12-23)22(2)17(25)9-6-13-4-7-15(8-5-13)26-18(19,20)21/h3-5,7-8,14H,1,6,9-12H2,2H3/t14-/m1/s1. The van der Waals surface area contributed by atoms with Crippen molar-refractivity contribution in [3.63, 3.8) is 0 Å². The fourth-order valence-electron chi connectivity index (χ4n) is 2.88. The van der Waals surface area contributed by atoms with Crippen LogP contribution in [0.15, 0.2) is 36.9 Å². The Bertz CT molecular complexity index is 659. The Kier molecular flexibility index (Phi) is 6.28. The molecule has 5 nitrogen and oxygen atoms in total. The Morgan fingerprint density at radius 3 is 2.58 bits per heavy atom. The zero-order valence-corrected chi connectivity index (χ0v) is 14.5. The van der Waals surface area contributed by atoms with E-state index in [1.54, 1.807) is 16.8 Å². The second-order valence-electron chi connectivity index (χ2n) is 6.13. The van der Waals surface area contributed by atoms with Crippen LogP contribution < -0.4 is 4.74 Å². The average Bonchev–Trinajstić information content (AvgIpc) is 3.08. The van der Waals surface area contributed by atoms with Gasteiger partial charge in [0.1, 0.15) is 5.75 Å². The fraction of sp³-hybridized carbons (Fsp3) is 0.444. The molecule has 1 aromatic carbocycles. The molecule has 0 N–H and O–H groups in total. The number of aryl methyl sites for hydroxylation is 1. The van der Waals surface area contributed by atoms with E-state index in [0.717, 1.165) is 5.56 Å². The number of hydrogen-bond acceptors (Lipinski definition) is 3. The van der Waals surface area contributed by atoms with Crippen molar-refractivity contribution >= 4 is 11.8 Å². The number of likely N-dealkylation sites (tertiary alicyclic amines) is 1. The van der Waals surface area contributed by atoms with Crippen LogP contribution in [0.4, 0.5) is 13.2 Å². The van der Waals surface area contributed by atoms with E-state index in [1.807, 2.05) is 0 Å². The van der Waals surface area contributed by atoms with Crippen molar-refractivity contribution in [1.82, 2.24) is 9.80 Å². The van der Waals surface area contributed by atoms with Gasteiger partial charge in [0.2, 0.25) is 11.8 Å². The number of carbonyl (C=O) groups is 2. The molecule has 0 spiro atoms. The van der Waals surface area contributed by atoms with Crippen LogP contribution >= 0.6 is 0 Å². The van der Waals surface area contributed by atoms with Gasteiger partial charge in [-0.1, -0.05) is 18.7 Å². The molecule has 0 unspecified atom stereocenters. The first-order valence-corrected chi connectivity index (χ1v) is 8.21. The van der Waals surface area contributed by atoms with Gasteiger partial charge in [-0.3, -0.25) is 9.59 Å². The molecule has 142 valence electrons. The minimum absolute atomic E-state index is 0.0334. The van der Waals surface area contributed by atoms with E-state index < -0.39 is 6.36 Å². The van der Waals surface area contributed by atoms with Crippen LogP contribution in [0, 0.1) is 0 Å². The van der Waals surface area contributed by atoms with Crippen LogP contribution in [-0.4, -0.2) is 54.2 Å². The molecule has 0 aromatic heterocycles. The van der Waals surface area contributed by atoms with Gasteiger partial charge < -0.3 is 14.5 Å². The maximum atomic E-state index is 12.3. The topological polar surface area (TPSA) is 49.9 Å². The normalized spacial score (nSPS) is 17.1. The van der Waals surface area contributed by atoms with Gasteiger partial charge in [-0.25, -0.2) is 0 Å². The van der Waals surface area contributed by atoms with Crippen LogP contribution in [-0.2, 0) is 16.0 Å². The minimum atomic E-state index is -4.72. The molecule has 26 heavy (non-hydrogen) atoms. The molecule has 2 rings (SSSR count). The van der Waals surface area contributed by atoms with Crippen LogP contribution in [0.3, 0.4) is 0 Å². The SMILES string of the molecule is C=CC(=O)N1CC[C@@H](N(C)C(=O)CCc2ccc(OC(F)(F)F)cc2)C1. The van der Waals surface area contributed by atoms with Crippen molar-refractivity contribution < 1.29 is 27.5 Å². The van der Waals surface area contributed by atoms with Crippen molar-refractivity contribution in [1.29, 1.82) is 0 Å². The molecule has 0 radical (unpaired) electrons. The predicted molar refractivity (Wildman–Crippen MR) is 89.4 cm³/mol. The fourth-order valence-corrected chi connectivity index (χ4v) is 2.88. The molecule has 2 amide bonds. The van der Waals surface area contributed by atoms with E-state index >= 15 is 0 Å². The second kappa shape index (κ2) is 8.25. The third kappa shape index (κ3) is 5.50. The quantitative estimate of drug-likeness (QED) is 0.724. The van der Waals surface area contributed by atoms with Crippen molar-refractivity contribution in [3.05, 3.63) is 42.5 Å². The zero-order valence-electron chi connectivity index (χ0n) is 14.5. The van der Waals surface area contributed by atoms with E-state index in [-0.39, 0.29) is 30.0 Å². The number of nitrogens with zero attached hydrogens (tertiary/aromatic N) is 2. The summed E-state index contributed by atoms with van der Waals surface area (Å²) in [5, 5.41) is 0. The largest absolute Gasteiger partial charge is 0.573 e. The summed E-state index contributed by atoms with van der Waals surface area (Å²) in [7, 11) is 1.70. The number of ether oxygens (including phenoxy) is 1. The monoisotopic (exact) mass is 370 g/mol. The van der Waals surface area contributed by atoms with Gasteiger partial charge in [-0.05, 0) is 36.6 Å². The highest BCUT2D eigenvalue weighted by molar-refractivity contribution is 5.87. The summed E-state index contributed by atoms with van der Waals surface area (Å²) >= 11 is 0. The summed E-state index contributed by atoms with van der Waals surface area (Å²) in [4.78, 5) is 27.2. The van der Waals surface area contributed by atoms with E-state index in [9.17, 15) is 22.8 Å². The Balaban J connectivity index is 1.82. The smallest absolute Gasteiger partial charge is 0.406 e. The number of benzene rings is 1. The lowest BCUT2D eigenvalue weighted by Crippen LogP contribution is -2.39. The summed E-state index contributed by atoms with van der Waals surface area (Å²) in [5.41, 5.74) is 0.746. The summed E-state index contributed by atoms with van der Waals surface area (Å²) in [6.45, 7) is 4.53. The molecule has 1 aromatic rings. The highest BCUT2D eigenvalue weighted by Crippen LogP contribution is 2.23. The molecule has 1 fully saturated rings. The Hall–Kier alpha value is -2.51. The van der Waals surface area contributed by atoms with Gasteiger partial charge in [0.25, 0.3) is 0 Å². The van der Waals surface area contributed by atoms with Crippen LogP contribution in [0.25, 0.3) is 0 Å². The molecule has 0 bridgehead atoms. The number of amides is 2. The third-order valence-corrected chi connectivity index (χ3v) is 4.38. The first-order chi connectivity index (χ1) is 12.2. The van der Waals surface area contributed by atoms with Gasteiger partial charge in [0, 0.05) is 26.6 Å². The van der Waals surface area contributed by atoms with Gasteiger partial charge >= 0.3 is 6.36 Å². The van der Waals surface area contributed by atoms with Gasteiger partial charge in [-0.15, -0.1) is 13.2 Å². The Morgan fingerprint density at radius 2 is 2.00 bits per heavy atom. The molecule has 8 heteroatoms. The van der Waals surface area contributed by atoms with Crippen LogP contribution in [0.2, 0.25) is 0 Å². The van der Waals surface area contributed by atoms with E-state index in [0.29, 0.717) is 25.9 Å². The van der Waals surface area contributed by atoms with Crippen molar-refractivity contribution in [2.45, 2.75) is 31.7 Å². The highest BCUT2D eigenvalue weighted by Gasteiger charge is 2.31. The summed E-state index contributed by atoms with van der Waals surface area (Å²) < 4.78 is 40.2. The van der Waals surface area contributed by atoms with Crippen LogP contribution in [0.1, 0.15) is 18.4 Å². The maximum absolute atomic E-state index is 12.3. The zero-order chi connectivity index (χ0) is 19.3. The number of carbonyl (C=O) groups excluding carboxylic acids is 2. The van der Waals surface area contributed by atoms with Crippen LogP contribution in [0.5, 0.6) is 5.75 Å². The molecule has 0 aliphatic carbocycles. The Morgan fingerprint density at radius 1 is 1.35 bits per heavy atom. The first-order valence-electron chi connectivity index (χ1n) is 8.21. The maximum Gasteiger partial charge on any atom is 0.573 e. The summed E-state index contributed by atoms with van der Waals surface area (Å²) in [6, 6.07) is 5.44. The number of halogens is 3. The van der Waals surface area contributed by atoms with Gasteiger partial charge in [0.15, 0.2) is 0 Å². The molecular formula is C18H21F3N2O3. The molecule has 1 saturated heterocycles. The van der Waals surface area contributed by atoms with Crippen molar-refractivity contribution in [2.24, 2.45) is 0 Å².